The maximum absolute atomic E-state index is 13.1. The Kier molecular flexibility index (Phi) is 7.85. The molecular weight excluding hydrogens is 452 g/mol. The van der Waals surface area contributed by atoms with Crippen LogP contribution in [0.15, 0.2) is 42.5 Å². The van der Waals surface area contributed by atoms with E-state index in [1.165, 1.54) is 0 Å². The first-order chi connectivity index (χ1) is 16.5. The molecular formula is C26H31ClN4O3. The van der Waals surface area contributed by atoms with Crippen LogP contribution in [-0.2, 0) is 4.79 Å². The fourth-order valence-corrected chi connectivity index (χ4v) is 4.92. The van der Waals surface area contributed by atoms with Crippen LogP contribution >= 0.6 is 11.6 Å². The number of nitrogens with one attached hydrogen (secondary N) is 2. The third-order valence-corrected chi connectivity index (χ3v) is 6.76. The van der Waals surface area contributed by atoms with Crippen LogP contribution in [0.25, 0.3) is 0 Å². The van der Waals surface area contributed by atoms with Gasteiger partial charge >= 0.3 is 0 Å². The number of carbonyl (C=O) groups is 3. The van der Waals surface area contributed by atoms with Crippen LogP contribution in [-0.4, -0.2) is 54.8 Å². The van der Waals surface area contributed by atoms with Crippen LogP contribution in [0.5, 0.6) is 0 Å². The molecule has 3 amide bonds. The summed E-state index contributed by atoms with van der Waals surface area (Å²) in [7, 11) is 0. The average molecular weight is 483 g/mol. The molecule has 2 aliphatic heterocycles. The van der Waals surface area contributed by atoms with Crippen molar-refractivity contribution in [3.8, 4) is 0 Å². The number of piperidine rings is 1. The van der Waals surface area contributed by atoms with E-state index in [2.05, 4.69) is 22.5 Å². The van der Waals surface area contributed by atoms with Gasteiger partial charge in [-0.05, 0) is 62.6 Å². The summed E-state index contributed by atoms with van der Waals surface area (Å²) < 4.78 is 0. The zero-order valence-corrected chi connectivity index (χ0v) is 20.2. The third-order valence-electron chi connectivity index (χ3n) is 6.44. The maximum Gasteiger partial charge on any atom is 0.255 e. The van der Waals surface area contributed by atoms with Crippen LogP contribution in [0.4, 0.5) is 11.4 Å². The molecule has 7 nitrogen and oxygen atoms in total. The van der Waals surface area contributed by atoms with E-state index in [4.69, 9.17) is 11.6 Å². The molecule has 0 aliphatic carbocycles. The second-order valence-electron chi connectivity index (χ2n) is 8.91. The molecule has 2 aromatic rings. The van der Waals surface area contributed by atoms with Crippen LogP contribution in [0.3, 0.4) is 0 Å². The van der Waals surface area contributed by atoms with Crippen molar-refractivity contribution in [2.45, 2.75) is 45.1 Å². The van der Waals surface area contributed by atoms with Crippen LogP contribution < -0.4 is 15.5 Å². The van der Waals surface area contributed by atoms with Crippen LogP contribution in [0.1, 0.15) is 59.7 Å². The predicted octanol–water partition coefficient (Wildman–Crippen LogP) is 4.32. The Morgan fingerprint density at radius 1 is 1.06 bits per heavy atom. The smallest absolute Gasteiger partial charge is 0.255 e. The lowest BCUT2D eigenvalue weighted by atomic mass is 10.0. The molecule has 0 unspecified atom stereocenters. The average Bonchev–Trinajstić information content (AvgIpc) is 3.26. The number of anilines is 2. The highest BCUT2D eigenvalue weighted by molar-refractivity contribution is 6.35. The van der Waals surface area contributed by atoms with Gasteiger partial charge < -0.3 is 20.4 Å². The monoisotopic (exact) mass is 482 g/mol. The zero-order valence-electron chi connectivity index (χ0n) is 19.5. The second-order valence-corrected chi connectivity index (χ2v) is 9.31. The van der Waals surface area contributed by atoms with Gasteiger partial charge in [-0.2, -0.15) is 0 Å². The Morgan fingerprint density at radius 2 is 1.82 bits per heavy atom. The minimum atomic E-state index is -0.363. The summed E-state index contributed by atoms with van der Waals surface area (Å²) in [5.41, 5.74) is 1.74. The van der Waals surface area contributed by atoms with Gasteiger partial charge in [0.05, 0.1) is 16.3 Å². The van der Waals surface area contributed by atoms with E-state index in [1.807, 2.05) is 6.07 Å². The molecule has 2 aliphatic rings. The summed E-state index contributed by atoms with van der Waals surface area (Å²) in [4.78, 5) is 42.4. The maximum atomic E-state index is 13.1. The molecule has 0 radical (unpaired) electrons. The van der Waals surface area contributed by atoms with Crippen molar-refractivity contribution in [3.05, 3.63) is 58.6 Å². The second kappa shape index (κ2) is 11.0. The predicted molar refractivity (Wildman–Crippen MR) is 135 cm³/mol. The fourth-order valence-electron chi connectivity index (χ4n) is 4.66. The summed E-state index contributed by atoms with van der Waals surface area (Å²) in [5, 5.41) is 6.23. The highest BCUT2D eigenvalue weighted by Crippen LogP contribution is 2.27. The third kappa shape index (κ3) is 5.59. The molecule has 0 bridgehead atoms. The van der Waals surface area contributed by atoms with Gasteiger partial charge in [0.25, 0.3) is 11.8 Å². The van der Waals surface area contributed by atoms with Crippen LogP contribution in [0.2, 0.25) is 5.02 Å². The lowest BCUT2D eigenvalue weighted by Gasteiger charge is -2.32. The molecule has 2 saturated heterocycles. The number of amides is 3. The number of halogens is 1. The Morgan fingerprint density at radius 3 is 2.53 bits per heavy atom. The Balaban J connectivity index is 1.46. The summed E-state index contributed by atoms with van der Waals surface area (Å²) in [6, 6.07) is 12.1. The first kappa shape index (κ1) is 24.2. The molecule has 8 heteroatoms. The largest absolute Gasteiger partial charge is 0.349 e. The quantitative estimate of drug-likeness (QED) is 0.615. The summed E-state index contributed by atoms with van der Waals surface area (Å²) >= 11 is 6.40. The summed E-state index contributed by atoms with van der Waals surface area (Å²) in [5.74, 6) is -0.587. The first-order valence-electron chi connectivity index (χ1n) is 12.0. The molecule has 4 rings (SSSR count). The van der Waals surface area contributed by atoms with Crippen molar-refractivity contribution in [2.75, 3.05) is 36.4 Å². The SMILES string of the molecule is CCCN1CCC(NC(=O)c2c(Cl)cccc2NC(=O)c2cccc(N3CCCC3=O)c2)CC1. The van der Waals surface area contributed by atoms with E-state index in [9.17, 15) is 14.4 Å². The van der Waals surface area contributed by atoms with Gasteiger partial charge in [0.2, 0.25) is 5.91 Å². The molecule has 2 fully saturated rings. The van der Waals surface area contributed by atoms with Crippen molar-refractivity contribution in [2.24, 2.45) is 0 Å². The van der Waals surface area contributed by atoms with Crippen molar-refractivity contribution in [1.29, 1.82) is 0 Å². The Hall–Kier alpha value is -2.90. The van der Waals surface area contributed by atoms with Gasteiger partial charge in [-0.25, -0.2) is 0 Å². The number of nitrogens with zero attached hydrogens (tertiary/aromatic N) is 2. The summed E-state index contributed by atoms with van der Waals surface area (Å²) in [6.45, 7) is 5.82. The van der Waals surface area contributed by atoms with Crippen molar-refractivity contribution in [3.63, 3.8) is 0 Å². The fraction of sp³-hybridized carbons (Fsp3) is 0.423. The van der Waals surface area contributed by atoms with Gasteiger partial charge in [-0.1, -0.05) is 30.7 Å². The minimum absolute atomic E-state index is 0.0619. The molecule has 0 saturated carbocycles. The van der Waals surface area contributed by atoms with Gasteiger partial charge in [-0.3, -0.25) is 14.4 Å². The Labute approximate surface area is 205 Å². The molecule has 0 atom stereocenters. The molecule has 180 valence electrons. The van der Waals surface area contributed by atoms with Gasteiger partial charge in [0.1, 0.15) is 0 Å². The number of rotatable bonds is 7. The van der Waals surface area contributed by atoms with Gasteiger partial charge in [0.15, 0.2) is 0 Å². The van der Waals surface area contributed by atoms with Crippen molar-refractivity contribution >= 4 is 40.7 Å². The molecule has 2 aromatic carbocycles. The van der Waals surface area contributed by atoms with Crippen LogP contribution in [0, 0.1) is 0 Å². The van der Waals surface area contributed by atoms with E-state index < -0.39 is 0 Å². The topological polar surface area (TPSA) is 81.8 Å². The summed E-state index contributed by atoms with van der Waals surface area (Å²) in [6.07, 6.45) is 4.24. The van der Waals surface area contributed by atoms with E-state index >= 15 is 0 Å². The first-order valence-corrected chi connectivity index (χ1v) is 12.4. The number of hydrogen-bond acceptors (Lipinski definition) is 4. The molecule has 34 heavy (non-hydrogen) atoms. The standard InChI is InChI=1S/C26H31ClN4O3/c1-2-13-30-15-11-19(12-16-30)28-26(34)24-21(27)8-4-9-22(24)29-25(33)18-6-3-7-20(17-18)31-14-5-10-23(31)32/h3-4,6-9,17,19H,2,5,10-16H2,1H3,(H,28,34)(H,29,33). The number of hydrogen-bond donors (Lipinski definition) is 2. The van der Waals surface area contributed by atoms with E-state index in [-0.39, 0.29) is 34.3 Å². The lowest BCUT2D eigenvalue weighted by Crippen LogP contribution is -2.45. The molecule has 0 aromatic heterocycles. The van der Waals surface area contributed by atoms with Crippen molar-refractivity contribution in [1.82, 2.24) is 10.2 Å². The minimum Gasteiger partial charge on any atom is -0.349 e. The highest BCUT2D eigenvalue weighted by Gasteiger charge is 2.25. The molecule has 2 heterocycles. The Bertz CT molecular complexity index is 1070. The highest BCUT2D eigenvalue weighted by atomic mass is 35.5. The van der Waals surface area contributed by atoms with Gasteiger partial charge in [-0.15, -0.1) is 0 Å². The zero-order chi connectivity index (χ0) is 24.1. The number of likely N-dealkylation sites (tertiary alicyclic amines) is 1. The molecule has 0 spiro atoms. The number of carbonyl (C=O) groups excluding carboxylic acids is 3. The van der Waals surface area contributed by atoms with Crippen molar-refractivity contribution < 1.29 is 14.4 Å². The number of benzene rings is 2. The lowest BCUT2D eigenvalue weighted by molar-refractivity contribution is -0.117. The van der Waals surface area contributed by atoms with Gasteiger partial charge in [0, 0.05) is 43.3 Å². The van der Waals surface area contributed by atoms with E-state index in [1.54, 1.807) is 41.3 Å². The van der Waals surface area contributed by atoms with E-state index in [0.717, 1.165) is 45.3 Å². The normalized spacial score (nSPS) is 17.1. The van der Waals surface area contributed by atoms with E-state index in [0.29, 0.717) is 29.9 Å². The molecule has 2 N–H and O–H groups in total.